The zero-order valence-corrected chi connectivity index (χ0v) is 14.4. The van der Waals surface area contributed by atoms with Gasteiger partial charge in [0.25, 0.3) is 0 Å². The third kappa shape index (κ3) is 3.12. The molecule has 0 radical (unpaired) electrons. The van der Waals surface area contributed by atoms with E-state index in [9.17, 15) is 9.18 Å². The second-order valence-corrected chi connectivity index (χ2v) is 6.52. The van der Waals surface area contributed by atoms with Crippen LogP contribution in [0.25, 0.3) is 5.69 Å². The topological polar surface area (TPSA) is 63.6 Å². The van der Waals surface area contributed by atoms with Crippen molar-refractivity contribution in [2.24, 2.45) is 0 Å². The van der Waals surface area contributed by atoms with Crippen LogP contribution in [0.1, 0.15) is 27.3 Å². The highest BCUT2D eigenvalue weighted by molar-refractivity contribution is 7.99. The molecule has 0 spiro atoms. The minimum atomic E-state index is -0.256. The maximum Gasteiger partial charge on any atom is 0.183 e. The van der Waals surface area contributed by atoms with Gasteiger partial charge in [-0.25, -0.2) is 9.37 Å². The Morgan fingerprint density at radius 3 is 2.75 bits per heavy atom. The van der Waals surface area contributed by atoms with E-state index >= 15 is 0 Å². The molecule has 2 heterocycles. The summed E-state index contributed by atoms with van der Waals surface area (Å²) in [5.41, 5.74) is 3.65. The maximum atomic E-state index is 13.9. The monoisotopic (exact) mass is 344 g/mol. The number of aromatic nitrogens is 4. The van der Waals surface area contributed by atoms with Crippen LogP contribution in [-0.4, -0.2) is 31.3 Å². The largest absolute Gasteiger partial charge is 0.318 e. The van der Waals surface area contributed by atoms with Crippen LogP contribution in [0, 0.1) is 26.6 Å². The molecule has 3 rings (SSSR count). The number of Topliss-reactive ketones (excluding diaryl/α,β-unsaturated/α-hetero) is 1. The normalized spacial score (nSPS) is 11.0. The lowest BCUT2D eigenvalue weighted by Gasteiger charge is -2.11. The van der Waals surface area contributed by atoms with Crippen LogP contribution in [0.5, 0.6) is 0 Å². The lowest BCUT2D eigenvalue weighted by molar-refractivity contribution is 0.102. The number of ketones is 1. The minimum Gasteiger partial charge on any atom is -0.318 e. The fourth-order valence-electron chi connectivity index (χ4n) is 2.64. The number of rotatable bonds is 5. The highest BCUT2D eigenvalue weighted by Gasteiger charge is 2.17. The van der Waals surface area contributed by atoms with Gasteiger partial charge in [0.2, 0.25) is 0 Å². The van der Waals surface area contributed by atoms with Crippen molar-refractivity contribution in [1.29, 1.82) is 0 Å². The fraction of sp³-hybridized carbons (Fsp3) is 0.235. The van der Waals surface area contributed by atoms with E-state index in [1.165, 1.54) is 24.2 Å². The lowest BCUT2D eigenvalue weighted by Crippen LogP contribution is -2.06. The van der Waals surface area contributed by atoms with Crippen LogP contribution in [0.4, 0.5) is 4.39 Å². The quantitative estimate of drug-likeness (QED) is 0.567. The number of hydrogen-bond acceptors (Lipinski definition) is 4. The number of nitrogens with one attached hydrogen (secondary N) is 1. The molecule has 5 nitrogen and oxygen atoms in total. The van der Waals surface area contributed by atoms with Gasteiger partial charge in [-0.05, 0) is 44.5 Å². The van der Waals surface area contributed by atoms with Crippen molar-refractivity contribution in [1.82, 2.24) is 19.7 Å². The second kappa shape index (κ2) is 6.60. The number of hydrogen-bond donors (Lipinski definition) is 1. The van der Waals surface area contributed by atoms with Crippen molar-refractivity contribution in [3.63, 3.8) is 0 Å². The lowest BCUT2D eigenvalue weighted by atomic mass is 10.2. The molecule has 0 saturated heterocycles. The number of thioether (sulfide) groups is 1. The molecule has 0 aliphatic heterocycles. The van der Waals surface area contributed by atoms with Crippen LogP contribution >= 0.6 is 11.8 Å². The molecule has 0 amide bonds. The van der Waals surface area contributed by atoms with Gasteiger partial charge in [0.15, 0.2) is 10.9 Å². The van der Waals surface area contributed by atoms with E-state index in [4.69, 9.17) is 0 Å². The average Bonchev–Trinajstić information content (AvgIpc) is 3.16. The number of aryl methyl sites for hydroxylation is 2. The van der Waals surface area contributed by atoms with Crippen LogP contribution in [0.2, 0.25) is 0 Å². The highest BCUT2D eigenvalue weighted by Crippen LogP contribution is 2.24. The molecule has 1 N–H and O–H groups in total. The smallest absolute Gasteiger partial charge is 0.183 e. The average molecular weight is 344 g/mol. The second-order valence-electron chi connectivity index (χ2n) is 5.56. The van der Waals surface area contributed by atoms with E-state index in [1.807, 2.05) is 30.5 Å². The van der Waals surface area contributed by atoms with Crippen LogP contribution in [0.15, 0.2) is 35.7 Å². The minimum absolute atomic E-state index is 0.00309. The Hall–Kier alpha value is -2.41. The summed E-state index contributed by atoms with van der Waals surface area (Å²) in [7, 11) is 0. The molecule has 24 heavy (non-hydrogen) atoms. The van der Waals surface area contributed by atoms with E-state index in [0.717, 1.165) is 17.1 Å². The predicted octanol–water partition coefficient (Wildman–Crippen LogP) is 3.63. The van der Waals surface area contributed by atoms with E-state index in [1.54, 1.807) is 13.0 Å². The molecule has 0 fully saturated rings. The van der Waals surface area contributed by atoms with Crippen LogP contribution in [0.3, 0.4) is 0 Å². The number of halogens is 1. The number of aromatic amines is 1. The summed E-state index contributed by atoms with van der Waals surface area (Å²) in [6.07, 6.45) is 1.41. The standard InChI is InChI=1S/C17H17FN4OS/c1-10-4-5-13(7-15(10)18)22-11(2)6-14(12(22)3)16(23)8-24-17-19-9-20-21-17/h4-7,9H,8H2,1-3H3,(H,19,20,21). The van der Waals surface area contributed by atoms with Crippen LogP contribution in [-0.2, 0) is 0 Å². The fourth-order valence-corrected chi connectivity index (χ4v) is 3.30. The zero-order chi connectivity index (χ0) is 17.3. The SMILES string of the molecule is Cc1ccc(-n2c(C)cc(C(=O)CSc3ncn[nH]3)c2C)cc1F. The molecular weight excluding hydrogens is 327 g/mol. The Balaban J connectivity index is 1.88. The highest BCUT2D eigenvalue weighted by atomic mass is 32.2. The Morgan fingerprint density at radius 2 is 2.08 bits per heavy atom. The molecule has 0 bridgehead atoms. The Morgan fingerprint density at radius 1 is 1.29 bits per heavy atom. The number of H-pyrrole nitrogens is 1. The van der Waals surface area contributed by atoms with Gasteiger partial charge in [0.1, 0.15) is 12.1 Å². The van der Waals surface area contributed by atoms with Crippen molar-refractivity contribution in [2.75, 3.05) is 5.75 Å². The van der Waals surface area contributed by atoms with E-state index in [2.05, 4.69) is 15.2 Å². The number of carbonyl (C=O) groups is 1. The Labute approximate surface area is 143 Å². The van der Waals surface area contributed by atoms with Crippen molar-refractivity contribution in [2.45, 2.75) is 25.9 Å². The van der Waals surface area contributed by atoms with Crippen molar-refractivity contribution in [3.8, 4) is 5.69 Å². The predicted molar refractivity (Wildman–Crippen MR) is 91.4 cm³/mol. The third-order valence-corrected chi connectivity index (χ3v) is 4.75. The number of benzene rings is 1. The van der Waals surface area contributed by atoms with Crippen molar-refractivity contribution >= 4 is 17.5 Å². The molecule has 0 aliphatic rings. The molecule has 7 heteroatoms. The van der Waals surface area contributed by atoms with Gasteiger partial charge in [-0.15, -0.1) is 0 Å². The van der Waals surface area contributed by atoms with Gasteiger partial charge >= 0.3 is 0 Å². The van der Waals surface area contributed by atoms with Gasteiger partial charge < -0.3 is 4.57 Å². The first-order chi connectivity index (χ1) is 11.5. The molecule has 0 aliphatic carbocycles. The molecule has 3 aromatic rings. The van der Waals surface area contributed by atoms with E-state index in [0.29, 0.717) is 16.3 Å². The molecule has 0 atom stereocenters. The molecular formula is C17H17FN4OS. The Bertz CT molecular complexity index is 886. The summed E-state index contributed by atoms with van der Waals surface area (Å²) >= 11 is 1.31. The summed E-state index contributed by atoms with van der Waals surface area (Å²) in [5, 5.41) is 7.08. The summed E-state index contributed by atoms with van der Waals surface area (Å²) in [6.45, 7) is 5.51. The number of carbonyl (C=O) groups excluding carboxylic acids is 1. The van der Waals surface area contributed by atoms with Gasteiger partial charge in [-0.1, -0.05) is 17.8 Å². The van der Waals surface area contributed by atoms with Gasteiger partial charge in [0.05, 0.1) is 5.75 Å². The first kappa shape index (κ1) is 16.4. The molecule has 2 aromatic heterocycles. The van der Waals surface area contributed by atoms with E-state index < -0.39 is 0 Å². The van der Waals surface area contributed by atoms with Crippen molar-refractivity contribution in [3.05, 3.63) is 58.9 Å². The Kier molecular flexibility index (Phi) is 4.53. The molecule has 0 saturated carbocycles. The molecule has 0 unspecified atom stereocenters. The van der Waals surface area contributed by atoms with Gasteiger partial charge in [-0.2, -0.15) is 5.10 Å². The molecule has 124 valence electrons. The van der Waals surface area contributed by atoms with Gasteiger partial charge in [-0.3, -0.25) is 9.89 Å². The number of nitrogens with zero attached hydrogens (tertiary/aromatic N) is 3. The summed E-state index contributed by atoms with van der Waals surface area (Å²) < 4.78 is 15.8. The van der Waals surface area contributed by atoms with E-state index in [-0.39, 0.29) is 17.4 Å². The zero-order valence-electron chi connectivity index (χ0n) is 13.6. The summed E-state index contributed by atoms with van der Waals surface area (Å²) in [5.74, 6) is 0.0129. The van der Waals surface area contributed by atoms with Crippen molar-refractivity contribution < 1.29 is 9.18 Å². The van der Waals surface area contributed by atoms with Crippen LogP contribution < -0.4 is 0 Å². The van der Waals surface area contributed by atoms with Gasteiger partial charge in [0, 0.05) is 22.6 Å². The first-order valence-corrected chi connectivity index (χ1v) is 8.42. The maximum absolute atomic E-state index is 13.9. The summed E-state index contributed by atoms with van der Waals surface area (Å²) in [4.78, 5) is 16.5. The summed E-state index contributed by atoms with van der Waals surface area (Å²) in [6, 6.07) is 6.93. The third-order valence-electron chi connectivity index (χ3n) is 3.88. The molecule has 1 aromatic carbocycles. The first-order valence-electron chi connectivity index (χ1n) is 7.44.